The maximum atomic E-state index is 12.4. The van der Waals surface area contributed by atoms with Crippen molar-refractivity contribution in [1.82, 2.24) is 4.98 Å². The van der Waals surface area contributed by atoms with Crippen molar-refractivity contribution in [2.45, 2.75) is 6.43 Å². The number of alkyl halides is 2. The number of methoxy groups -OCH3 is 1. The Labute approximate surface area is 88.2 Å². The van der Waals surface area contributed by atoms with Gasteiger partial charge < -0.3 is 4.74 Å². The van der Waals surface area contributed by atoms with Crippen molar-refractivity contribution in [2.75, 3.05) is 7.11 Å². The second-order valence-corrected chi connectivity index (χ2v) is 2.61. The highest BCUT2D eigenvalue weighted by atomic mass is 19.3. The fraction of sp³-hybridized carbons (Fsp3) is 0.250. The van der Waals surface area contributed by atoms with E-state index in [-0.39, 0.29) is 5.75 Å². The third-order valence-corrected chi connectivity index (χ3v) is 1.77. The summed E-state index contributed by atoms with van der Waals surface area (Å²) >= 11 is 0. The summed E-state index contributed by atoms with van der Waals surface area (Å²) in [6.07, 6.45) is -2.26. The van der Waals surface area contributed by atoms with Gasteiger partial charge in [0.25, 0.3) is 6.43 Å². The average Bonchev–Trinajstić information content (AvgIpc) is 2.26. The van der Waals surface area contributed by atoms with Crippen LogP contribution >= 0.6 is 0 Å². The first-order valence-corrected chi connectivity index (χ1v) is 3.92. The average molecular weight is 229 g/mol. The summed E-state index contributed by atoms with van der Waals surface area (Å²) in [5.41, 5.74) is -2.50. The van der Waals surface area contributed by atoms with Crippen LogP contribution in [0.15, 0.2) is 6.20 Å². The van der Waals surface area contributed by atoms with Crippen molar-refractivity contribution < 1.29 is 18.4 Å². The predicted molar refractivity (Wildman–Crippen MR) is 47.1 cm³/mol. The lowest BCUT2D eigenvalue weighted by molar-refractivity contribution is -0.386. The summed E-state index contributed by atoms with van der Waals surface area (Å²) < 4.78 is 29.4. The van der Waals surface area contributed by atoms with Crippen LogP contribution in [-0.2, 0) is 0 Å². The first kappa shape index (κ1) is 11.8. The zero-order valence-corrected chi connectivity index (χ0v) is 7.98. The second kappa shape index (κ2) is 4.48. The van der Waals surface area contributed by atoms with Gasteiger partial charge in [0.2, 0.25) is 5.75 Å². The largest absolute Gasteiger partial charge is 0.489 e. The molecule has 0 atom stereocenters. The first-order valence-electron chi connectivity index (χ1n) is 3.92. The maximum absolute atomic E-state index is 12.4. The monoisotopic (exact) mass is 229 g/mol. The van der Waals surface area contributed by atoms with Crippen LogP contribution in [-0.4, -0.2) is 17.0 Å². The van der Waals surface area contributed by atoms with Crippen molar-refractivity contribution in [3.05, 3.63) is 27.6 Å². The number of nitriles is 1. The molecule has 0 bridgehead atoms. The molecule has 8 heteroatoms. The van der Waals surface area contributed by atoms with Crippen LogP contribution in [0, 0.1) is 21.4 Å². The number of ether oxygens (including phenoxy) is 1. The summed E-state index contributed by atoms with van der Waals surface area (Å²) in [4.78, 5) is 12.9. The minimum absolute atomic E-state index is 0.328. The number of rotatable bonds is 3. The molecule has 0 saturated heterocycles. The number of nitro groups is 1. The van der Waals surface area contributed by atoms with Crippen LogP contribution in [0.4, 0.5) is 14.5 Å². The van der Waals surface area contributed by atoms with E-state index in [2.05, 4.69) is 9.72 Å². The van der Waals surface area contributed by atoms with E-state index in [0.29, 0.717) is 0 Å². The Hall–Kier alpha value is -2.30. The van der Waals surface area contributed by atoms with Gasteiger partial charge >= 0.3 is 5.69 Å². The molecule has 0 aliphatic heterocycles. The summed E-state index contributed by atoms with van der Waals surface area (Å²) in [5, 5.41) is 19.3. The molecular formula is C8H5F2N3O3. The first-order chi connectivity index (χ1) is 7.52. The standard InChI is InChI=1S/C8H5F2N3O3/c1-16-5-3-12-6(8(9)10)4(2-11)7(5)13(14)15/h3,8H,1H3. The van der Waals surface area contributed by atoms with Gasteiger partial charge in [-0.15, -0.1) is 0 Å². The molecule has 6 nitrogen and oxygen atoms in total. The van der Waals surface area contributed by atoms with Gasteiger partial charge in [0.1, 0.15) is 11.8 Å². The Kier molecular flexibility index (Phi) is 3.30. The van der Waals surface area contributed by atoms with E-state index in [1.807, 2.05) is 0 Å². The van der Waals surface area contributed by atoms with E-state index in [1.165, 1.54) is 6.07 Å². The molecule has 1 rings (SSSR count). The smallest absolute Gasteiger partial charge is 0.332 e. The molecule has 84 valence electrons. The molecule has 0 aromatic carbocycles. The molecule has 0 amide bonds. The Morgan fingerprint density at radius 1 is 1.69 bits per heavy atom. The number of pyridine rings is 1. The molecular weight excluding hydrogens is 224 g/mol. The molecule has 0 aliphatic carbocycles. The van der Waals surface area contributed by atoms with E-state index in [0.717, 1.165) is 13.3 Å². The second-order valence-electron chi connectivity index (χ2n) is 2.61. The predicted octanol–water partition coefficient (Wildman–Crippen LogP) is 1.81. The van der Waals surface area contributed by atoms with Gasteiger partial charge in [0.05, 0.1) is 18.2 Å². The Bertz CT molecular complexity index is 470. The third-order valence-electron chi connectivity index (χ3n) is 1.77. The zero-order chi connectivity index (χ0) is 12.3. The Morgan fingerprint density at radius 3 is 2.69 bits per heavy atom. The number of aromatic nitrogens is 1. The van der Waals surface area contributed by atoms with E-state index in [1.54, 1.807) is 0 Å². The van der Waals surface area contributed by atoms with Crippen LogP contribution in [0.1, 0.15) is 17.7 Å². The molecule has 0 fully saturated rings. The van der Waals surface area contributed by atoms with E-state index in [9.17, 15) is 18.9 Å². The van der Waals surface area contributed by atoms with Crippen molar-refractivity contribution >= 4 is 5.69 Å². The van der Waals surface area contributed by atoms with Gasteiger partial charge in [-0.2, -0.15) is 5.26 Å². The number of halogens is 2. The molecule has 1 aromatic rings. The molecule has 0 aliphatic rings. The van der Waals surface area contributed by atoms with Crippen molar-refractivity contribution in [2.24, 2.45) is 0 Å². The van der Waals surface area contributed by atoms with Gasteiger partial charge in [-0.25, -0.2) is 13.8 Å². The lowest BCUT2D eigenvalue weighted by atomic mass is 10.1. The summed E-state index contributed by atoms with van der Waals surface area (Å²) in [6, 6.07) is 1.34. The highest BCUT2D eigenvalue weighted by molar-refractivity contribution is 5.59. The van der Waals surface area contributed by atoms with E-state index >= 15 is 0 Å². The Morgan fingerprint density at radius 2 is 2.31 bits per heavy atom. The van der Waals surface area contributed by atoms with Gasteiger partial charge in [0.15, 0.2) is 5.56 Å². The van der Waals surface area contributed by atoms with Gasteiger partial charge in [-0.05, 0) is 0 Å². The molecule has 1 aromatic heterocycles. The molecule has 0 radical (unpaired) electrons. The zero-order valence-electron chi connectivity index (χ0n) is 7.98. The van der Waals surface area contributed by atoms with Crippen molar-refractivity contribution in [3.63, 3.8) is 0 Å². The summed E-state index contributed by atoms with van der Waals surface area (Å²) in [5.74, 6) is -0.328. The topological polar surface area (TPSA) is 89.0 Å². The van der Waals surface area contributed by atoms with Crippen LogP contribution in [0.5, 0.6) is 5.75 Å². The van der Waals surface area contributed by atoms with Crippen molar-refractivity contribution in [1.29, 1.82) is 5.26 Å². The quantitative estimate of drug-likeness (QED) is 0.582. The van der Waals surface area contributed by atoms with Crippen LogP contribution in [0.2, 0.25) is 0 Å². The van der Waals surface area contributed by atoms with Crippen molar-refractivity contribution in [3.8, 4) is 11.8 Å². The van der Waals surface area contributed by atoms with Gasteiger partial charge in [0, 0.05) is 0 Å². The molecule has 0 spiro atoms. The lowest BCUT2D eigenvalue weighted by Crippen LogP contribution is -2.03. The minimum Gasteiger partial charge on any atom is -0.489 e. The summed E-state index contributed by atoms with van der Waals surface area (Å²) in [7, 11) is 1.12. The molecule has 1 heterocycles. The minimum atomic E-state index is -3.06. The molecule has 0 N–H and O–H groups in total. The summed E-state index contributed by atoms with van der Waals surface area (Å²) in [6.45, 7) is 0. The van der Waals surface area contributed by atoms with Gasteiger partial charge in [-0.3, -0.25) is 10.1 Å². The highest BCUT2D eigenvalue weighted by Crippen LogP contribution is 2.34. The molecule has 0 unspecified atom stereocenters. The third kappa shape index (κ3) is 1.88. The Balaban J connectivity index is 3.58. The lowest BCUT2D eigenvalue weighted by Gasteiger charge is -2.05. The maximum Gasteiger partial charge on any atom is 0.332 e. The number of hydrogen-bond donors (Lipinski definition) is 0. The number of nitrogens with zero attached hydrogens (tertiary/aromatic N) is 3. The van der Waals surface area contributed by atoms with Crippen LogP contribution in [0.25, 0.3) is 0 Å². The number of hydrogen-bond acceptors (Lipinski definition) is 5. The normalized spacial score (nSPS) is 9.94. The van der Waals surface area contributed by atoms with Gasteiger partial charge in [-0.1, -0.05) is 0 Å². The SMILES string of the molecule is COc1cnc(C(F)F)c(C#N)c1[N+](=O)[O-]. The van der Waals surface area contributed by atoms with Crippen LogP contribution < -0.4 is 4.74 Å². The molecule has 16 heavy (non-hydrogen) atoms. The highest BCUT2D eigenvalue weighted by Gasteiger charge is 2.29. The van der Waals surface area contributed by atoms with Crippen LogP contribution in [0.3, 0.4) is 0 Å². The van der Waals surface area contributed by atoms with E-state index < -0.39 is 28.3 Å². The molecule has 0 saturated carbocycles. The fourth-order valence-corrected chi connectivity index (χ4v) is 1.10. The van der Waals surface area contributed by atoms with E-state index in [4.69, 9.17) is 5.26 Å². The fourth-order valence-electron chi connectivity index (χ4n) is 1.10.